The van der Waals surface area contributed by atoms with Gasteiger partial charge in [0.2, 0.25) is 0 Å². The molecule has 0 aliphatic carbocycles. The Labute approximate surface area is 165 Å². The van der Waals surface area contributed by atoms with Gasteiger partial charge in [-0.25, -0.2) is 0 Å². The molecule has 3 aromatic rings. The molecule has 0 heterocycles. The fourth-order valence-electron chi connectivity index (χ4n) is 3.02. The van der Waals surface area contributed by atoms with Gasteiger partial charge in [-0.1, -0.05) is 36.4 Å². The minimum atomic E-state index is -0.443. The highest BCUT2D eigenvalue weighted by Gasteiger charge is 2.14. The zero-order valence-electron chi connectivity index (χ0n) is 16.2. The van der Waals surface area contributed by atoms with Gasteiger partial charge in [0.05, 0.1) is 6.61 Å². The van der Waals surface area contributed by atoms with Crippen molar-refractivity contribution >= 4 is 28.4 Å². The largest absolute Gasteiger partial charge is 0.493 e. The Hall–Kier alpha value is -3.58. The summed E-state index contributed by atoms with van der Waals surface area (Å²) < 4.78 is 5.73. The maximum absolute atomic E-state index is 12.7. The molecule has 28 heavy (non-hydrogen) atoms. The highest BCUT2D eigenvalue weighted by molar-refractivity contribution is 6.11. The molecule has 0 aliphatic heterocycles. The summed E-state index contributed by atoms with van der Waals surface area (Å²) in [5, 5.41) is 14.4. The smallest absolute Gasteiger partial charge is 0.266 e. The van der Waals surface area contributed by atoms with Gasteiger partial charge >= 0.3 is 0 Å². The third-order valence-electron chi connectivity index (χ3n) is 4.65. The number of nitrogens with one attached hydrogen (secondary N) is 1. The van der Waals surface area contributed by atoms with E-state index in [4.69, 9.17) is 4.74 Å². The molecule has 0 aliphatic rings. The molecule has 4 nitrogen and oxygen atoms in total. The summed E-state index contributed by atoms with van der Waals surface area (Å²) in [7, 11) is 0. The van der Waals surface area contributed by atoms with Crippen molar-refractivity contribution in [3.63, 3.8) is 0 Å². The van der Waals surface area contributed by atoms with Crippen LogP contribution in [0.5, 0.6) is 5.75 Å². The zero-order chi connectivity index (χ0) is 20.1. The molecule has 0 aromatic heterocycles. The van der Waals surface area contributed by atoms with E-state index in [1.54, 1.807) is 6.08 Å². The normalized spacial score (nSPS) is 11.1. The number of hydrogen-bond acceptors (Lipinski definition) is 3. The molecular formula is C24H22N2O2. The number of nitrogens with zero attached hydrogens (tertiary/aromatic N) is 1. The maximum atomic E-state index is 12.7. The number of fused-ring (bicyclic) bond motifs is 1. The summed E-state index contributed by atoms with van der Waals surface area (Å²) in [4.78, 5) is 12.7. The fourth-order valence-corrected chi connectivity index (χ4v) is 3.02. The van der Waals surface area contributed by atoms with Gasteiger partial charge < -0.3 is 10.1 Å². The number of aryl methyl sites for hydroxylation is 2. The van der Waals surface area contributed by atoms with Gasteiger partial charge in [-0.3, -0.25) is 4.79 Å². The highest BCUT2D eigenvalue weighted by Crippen LogP contribution is 2.30. The van der Waals surface area contributed by atoms with Gasteiger partial charge in [-0.15, -0.1) is 0 Å². The van der Waals surface area contributed by atoms with E-state index in [2.05, 4.69) is 5.32 Å². The van der Waals surface area contributed by atoms with Crippen molar-refractivity contribution < 1.29 is 9.53 Å². The second-order valence-electron chi connectivity index (χ2n) is 6.55. The molecule has 0 fully saturated rings. The summed E-state index contributed by atoms with van der Waals surface area (Å²) in [6.07, 6.45) is 1.60. The molecular weight excluding hydrogens is 348 g/mol. The maximum Gasteiger partial charge on any atom is 0.266 e. The van der Waals surface area contributed by atoms with Crippen LogP contribution in [0.1, 0.15) is 23.6 Å². The van der Waals surface area contributed by atoms with E-state index in [0.29, 0.717) is 18.0 Å². The van der Waals surface area contributed by atoms with Gasteiger partial charge in [0.25, 0.3) is 5.91 Å². The number of anilines is 1. The topological polar surface area (TPSA) is 62.1 Å². The van der Waals surface area contributed by atoms with Crippen LogP contribution in [0.25, 0.3) is 16.8 Å². The van der Waals surface area contributed by atoms with Gasteiger partial charge in [0, 0.05) is 11.3 Å². The molecule has 1 N–H and O–H groups in total. The first-order valence-electron chi connectivity index (χ1n) is 9.18. The van der Waals surface area contributed by atoms with Crippen molar-refractivity contribution in [3.05, 3.63) is 76.9 Å². The lowest BCUT2D eigenvalue weighted by molar-refractivity contribution is -0.112. The van der Waals surface area contributed by atoms with Gasteiger partial charge in [0.1, 0.15) is 17.4 Å². The third kappa shape index (κ3) is 4.05. The Morgan fingerprint density at radius 1 is 1.11 bits per heavy atom. The zero-order valence-corrected chi connectivity index (χ0v) is 16.2. The number of rotatable bonds is 5. The van der Waals surface area contributed by atoms with Crippen LogP contribution >= 0.6 is 0 Å². The summed E-state index contributed by atoms with van der Waals surface area (Å²) in [5.41, 5.74) is 3.64. The minimum Gasteiger partial charge on any atom is -0.493 e. The first kappa shape index (κ1) is 19.2. The van der Waals surface area contributed by atoms with E-state index >= 15 is 0 Å². The summed E-state index contributed by atoms with van der Waals surface area (Å²) in [6, 6.07) is 19.4. The van der Waals surface area contributed by atoms with Crippen LogP contribution in [0, 0.1) is 25.2 Å². The summed E-state index contributed by atoms with van der Waals surface area (Å²) in [6.45, 7) is 6.39. The Morgan fingerprint density at radius 3 is 2.61 bits per heavy atom. The van der Waals surface area contributed by atoms with Crippen molar-refractivity contribution in [3.8, 4) is 11.8 Å². The number of ether oxygens (including phenoxy) is 1. The Kier molecular flexibility index (Phi) is 5.76. The van der Waals surface area contributed by atoms with Gasteiger partial charge in [-0.05, 0) is 66.9 Å². The third-order valence-corrected chi connectivity index (χ3v) is 4.65. The first-order chi connectivity index (χ1) is 13.5. The van der Waals surface area contributed by atoms with Crippen LogP contribution in [0.2, 0.25) is 0 Å². The van der Waals surface area contributed by atoms with Crippen LogP contribution < -0.4 is 10.1 Å². The monoisotopic (exact) mass is 370 g/mol. The van der Waals surface area contributed by atoms with Gasteiger partial charge in [0.15, 0.2) is 0 Å². The number of carbonyl (C=O) groups is 1. The van der Waals surface area contributed by atoms with E-state index in [-0.39, 0.29) is 5.57 Å². The SMILES string of the molecule is CCOc1ccc2ccccc2c1/C=C(\C#N)C(=O)Nc1ccc(C)c(C)c1. The molecule has 140 valence electrons. The van der Waals surface area contributed by atoms with Crippen molar-refractivity contribution in [2.75, 3.05) is 11.9 Å². The summed E-state index contributed by atoms with van der Waals surface area (Å²) in [5.74, 6) is 0.203. The number of nitriles is 1. The number of hydrogen-bond donors (Lipinski definition) is 1. The molecule has 3 rings (SSSR count). The average molecular weight is 370 g/mol. The van der Waals surface area contributed by atoms with Crippen LogP contribution in [0.15, 0.2) is 60.2 Å². The fraction of sp³-hybridized carbons (Fsp3) is 0.167. The quantitative estimate of drug-likeness (QED) is 0.483. The van der Waals surface area contributed by atoms with E-state index < -0.39 is 5.91 Å². The van der Waals surface area contributed by atoms with E-state index in [0.717, 1.165) is 27.5 Å². The number of benzene rings is 3. The molecule has 0 spiro atoms. The van der Waals surface area contributed by atoms with Gasteiger partial charge in [-0.2, -0.15) is 5.26 Å². The highest BCUT2D eigenvalue weighted by atomic mass is 16.5. The average Bonchev–Trinajstić information content (AvgIpc) is 2.70. The van der Waals surface area contributed by atoms with Crippen LogP contribution in [0.4, 0.5) is 5.69 Å². The number of carbonyl (C=O) groups excluding carboxylic acids is 1. The van der Waals surface area contributed by atoms with Crippen molar-refractivity contribution in [2.24, 2.45) is 0 Å². The Balaban J connectivity index is 2.02. The minimum absolute atomic E-state index is 0.0236. The number of amides is 1. The van der Waals surface area contributed by atoms with E-state index in [1.807, 2.05) is 81.4 Å². The molecule has 3 aromatic carbocycles. The molecule has 4 heteroatoms. The van der Waals surface area contributed by atoms with Crippen molar-refractivity contribution in [2.45, 2.75) is 20.8 Å². The van der Waals surface area contributed by atoms with Crippen LogP contribution in [-0.4, -0.2) is 12.5 Å². The molecule has 1 amide bonds. The molecule has 0 unspecified atom stereocenters. The lowest BCUT2D eigenvalue weighted by atomic mass is 10.0. The van der Waals surface area contributed by atoms with Crippen molar-refractivity contribution in [1.82, 2.24) is 0 Å². The van der Waals surface area contributed by atoms with Crippen molar-refractivity contribution in [1.29, 1.82) is 5.26 Å². The molecule has 0 atom stereocenters. The second kappa shape index (κ2) is 8.41. The van der Waals surface area contributed by atoms with Crippen LogP contribution in [-0.2, 0) is 4.79 Å². The summed E-state index contributed by atoms with van der Waals surface area (Å²) >= 11 is 0. The Bertz CT molecular complexity index is 1110. The molecule has 0 radical (unpaired) electrons. The standard InChI is InChI=1S/C24H22N2O2/c1-4-28-23-12-10-18-7-5-6-8-21(18)22(23)14-19(15-25)24(27)26-20-11-9-16(2)17(3)13-20/h5-14H,4H2,1-3H3,(H,26,27)/b19-14+. The molecule has 0 saturated heterocycles. The molecule has 0 bridgehead atoms. The first-order valence-corrected chi connectivity index (χ1v) is 9.18. The predicted molar refractivity (Wildman–Crippen MR) is 113 cm³/mol. The molecule has 0 saturated carbocycles. The Morgan fingerprint density at radius 2 is 1.89 bits per heavy atom. The van der Waals surface area contributed by atoms with Crippen LogP contribution in [0.3, 0.4) is 0 Å². The lowest BCUT2D eigenvalue weighted by Gasteiger charge is -2.12. The second-order valence-corrected chi connectivity index (χ2v) is 6.55. The van der Waals surface area contributed by atoms with E-state index in [9.17, 15) is 10.1 Å². The predicted octanol–water partition coefficient (Wildman–Crippen LogP) is 5.40. The lowest BCUT2D eigenvalue weighted by Crippen LogP contribution is -2.13. The van der Waals surface area contributed by atoms with E-state index in [1.165, 1.54) is 0 Å².